The molecule has 4 heteroatoms. The van der Waals surface area contributed by atoms with Crippen molar-refractivity contribution in [2.45, 2.75) is 44.4 Å². The fourth-order valence-electron chi connectivity index (χ4n) is 2.41. The largest absolute Gasteiger partial charge is 0.369 e. The number of ether oxygens (including phenoxy) is 1. The summed E-state index contributed by atoms with van der Waals surface area (Å²) in [5, 5.41) is 7.79. The lowest BCUT2D eigenvalue weighted by molar-refractivity contribution is 0.00578. The van der Waals surface area contributed by atoms with Gasteiger partial charge in [-0.2, -0.15) is 5.10 Å². The van der Waals surface area contributed by atoms with Gasteiger partial charge in [0, 0.05) is 19.3 Å². The molecule has 1 aromatic heterocycles. The van der Waals surface area contributed by atoms with Crippen LogP contribution in [0.25, 0.3) is 0 Å². The van der Waals surface area contributed by atoms with Gasteiger partial charge in [-0.1, -0.05) is 12.8 Å². The van der Waals surface area contributed by atoms with Crippen molar-refractivity contribution >= 4 is 0 Å². The lowest BCUT2D eigenvalue weighted by Crippen LogP contribution is -2.48. The van der Waals surface area contributed by atoms with Crippen LogP contribution in [0.3, 0.4) is 0 Å². The Kier molecular flexibility index (Phi) is 2.93. The summed E-state index contributed by atoms with van der Waals surface area (Å²) < 4.78 is 7.83. The van der Waals surface area contributed by atoms with Crippen LogP contribution < -0.4 is 5.32 Å². The van der Waals surface area contributed by atoms with Crippen molar-refractivity contribution in [3.8, 4) is 0 Å². The average Bonchev–Trinajstić information content (AvgIpc) is 2.84. The summed E-state index contributed by atoms with van der Waals surface area (Å²) in [6, 6.07) is 2.73. The third-order valence-corrected chi connectivity index (χ3v) is 3.57. The highest BCUT2D eigenvalue weighted by molar-refractivity contribution is 4.99. The quantitative estimate of drug-likeness (QED) is 0.837. The molecule has 0 atom stereocenters. The summed E-state index contributed by atoms with van der Waals surface area (Å²) in [5.41, 5.74) is 1.07. The number of nitrogens with one attached hydrogen (secondary N) is 1. The zero-order chi connectivity index (χ0) is 10.8. The van der Waals surface area contributed by atoms with Crippen LogP contribution >= 0.6 is 0 Å². The van der Waals surface area contributed by atoms with E-state index in [1.807, 2.05) is 0 Å². The van der Waals surface area contributed by atoms with Crippen LogP contribution in [0.5, 0.6) is 0 Å². The first-order valence-corrected chi connectivity index (χ1v) is 6.28. The Balaban J connectivity index is 1.54. The molecule has 16 heavy (non-hydrogen) atoms. The Morgan fingerprint density at radius 1 is 1.38 bits per heavy atom. The van der Waals surface area contributed by atoms with E-state index in [4.69, 9.17) is 4.74 Å². The van der Waals surface area contributed by atoms with Gasteiger partial charge in [-0.25, -0.2) is 0 Å². The second-order valence-electron chi connectivity index (χ2n) is 4.82. The molecule has 3 rings (SSSR count). The van der Waals surface area contributed by atoms with Crippen LogP contribution in [0.15, 0.2) is 12.3 Å². The van der Waals surface area contributed by atoms with Crippen molar-refractivity contribution in [3.63, 3.8) is 0 Å². The highest BCUT2D eigenvalue weighted by atomic mass is 16.5. The van der Waals surface area contributed by atoms with Crippen LogP contribution in [-0.4, -0.2) is 29.0 Å². The number of rotatable bonds is 4. The Morgan fingerprint density at radius 2 is 2.19 bits per heavy atom. The van der Waals surface area contributed by atoms with Crippen LogP contribution in [0.2, 0.25) is 0 Å². The summed E-state index contributed by atoms with van der Waals surface area (Å²) >= 11 is 0. The van der Waals surface area contributed by atoms with E-state index in [9.17, 15) is 0 Å². The lowest BCUT2D eigenvalue weighted by atomic mass is 10.2. The van der Waals surface area contributed by atoms with E-state index in [0.717, 1.165) is 18.8 Å². The molecule has 0 spiro atoms. The first-order chi connectivity index (χ1) is 7.92. The van der Waals surface area contributed by atoms with Gasteiger partial charge in [-0.15, -0.1) is 0 Å². The van der Waals surface area contributed by atoms with E-state index in [1.54, 1.807) is 0 Å². The standard InChI is InChI=1S/C12H19N3O/c1-2-4-11(3-1)15-6-5-10(14-15)9-16-12-7-13-8-12/h5-6,11-13H,1-4,7-9H2. The van der Waals surface area contributed by atoms with Crippen molar-refractivity contribution in [1.29, 1.82) is 0 Å². The molecule has 0 unspecified atom stereocenters. The monoisotopic (exact) mass is 221 g/mol. The van der Waals surface area contributed by atoms with Crippen LogP contribution in [0, 0.1) is 0 Å². The summed E-state index contributed by atoms with van der Waals surface area (Å²) in [7, 11) is 0. The second kappa shape index (κ2) is 4.55. The Hall–Kier alpha value is -0.870. The maximum absolute atomic E-state index is 5.70. The van der Waals surface area contributed by atoms with Crippen molar-refractivity contribution in [2.75, 3.05) is 13.1 Å². The summed E-state index contributed by atoms with van der Waals surface area (Å²) in [6.07, 6.45) is 7.78. The number of nitrogens with zero attached hydrogens (tertiary/aromatic N) is 2. The van der Waals surface area contributed by atoms with Gasteiger partial charge in [0.2, 0.25) is 0 Å². The third-order valence-electron chi connectivity index (χ3n) is 3.57. The van der Waals surface area contributed by atoms with E-state index in [2.05, 4.69) is 27.4 Å². The molecular weight excluding hydrogens is 202 g/mol. The molecule has 2 aliphatic rings. The predicted molar refractivity (Wildman–Crippen MR) is 61.2 cm³/mol. The van der Waals surface area contributed by atoms with E-state index in [0.29, 0.717) is 18.8 Å². The Morgan fingerprint density at radius 3 is 2.88 bits per heavy atom. The fourth-order valence-corrected chi connectivity index (χ4v) is 2.41. The molecule has 1 aliphatic carbocycles. The molecule has 0 radical (unpaired) electrons. The van der Waals surface area contributed by atoms with E-state index >= 15 is 0 Å². The third kappa shape index (κ3) is 2.13. The Labute approximate surface area is 96.0 Å². The van der Waals surface area contributed by atoms with E-state index in [1.165, 1.54) is 25.7 Å². The van der Waals surface area contributed by atoms with Gasteiger partial charge in [-0.05, 0) is 18.9 Å². The van der Waals surface area contributed by atoms with Gasteiger partial charge < -0.3 is 10.1 Å². The zero-order valence-electron chi connectivity index (χ0n) is 9.56. The SMILES string of the molecule is c1cn(C2CCCC2)nc1COC1CNC1. The summed E-state index contributed by atoms with van der Waals surface area (Å²) in [5.74, 6) is 0. The highest BCUT2D eigenvalue weighted by Gasteiger charge is 2.19. The van der Waals surface area contributed by atoms with Gasteiger partial charge in [0.15, 0.2) is 0 Å². The van der Waals surface area contributed by atoms with E-state index in [-0.39, 0.29) is 0 Å². The van der Waals surface area contributed by atoms with Gasteiger partial charge >= 0.3 is 0 Å². The molecule has 2 heterocycles. The lowest BCUT2D eigenvalue weighted by Gasteiger charge is -2.26. The van der Waals surface area contributed by atoms with Crippen LogP contribution in [0.1, 0.15) is 37.4 Å². The van der Waals surface area contributed by atoms with Crippen molar-refractivity contribution in [1.82, 2.24) is 15.1 Å². The second-order valence-corrected chi connectivity index (χ2v) is 4.82. The highest BCUT2D eigenvalue weighted by Crippen LogP contribution is 2.28. The molecule has 1 aliphatic heterocycles. The number of hydrogen-bond acceptors (Lipinski definition) is 3. The zero-order valence-corrected chi connectivity index (χ0v) is 9.56. The van der Waals surface area contributed by atoms with Crippen LogP contribution in [0.4, 0.5) is 0 Å². The minimum Gasteiger partial charge on any atom is -0.369 e. The van der Waals surface area contributed by atoms with E-state index < -0.39 is 0 Å². The average molecular weight is 221 g/mol. The molecule has 1 saturated heterocycles. The first kappa shape index (κ1) is 10.3. The molecule has 4 nitrogen and oxygen atoms in total. The van der Waals surface area contributed by atoms with Crippen molar-refractivity contribution in [3.05, 3.63) is 18.0 Å². The minimum absolute atomic E-state index is 0.400. The molecule has 1 saturated carbocycles. The van der Waals surface area contributed by atoms with Gasteiger partial charge in [-0.3, -0.25) is 4.68 Å². The molecule has 1 N–H and O–H groups in total. The topological polar surface area (TPSA) is 39.1 Å². The number of hydrogen-bond donors (Lipinski definition) is 1. The molecule has 0 aromatic carbocycles. The first-order valence-electron chi connectivity index (χ1n) is 6.28. The smallest absolute Gasteiger partial charge is 0.0911 e. The maximum Gasteiger partial charge on any atom is 0.0911 e. The van der Waals surface area contributed by atoms with Gasteiger partial charge in [0.25, 0.3) is 0 Å². The maximum atomic E-state index is 5.70. The van der Waals surface area contributed by atoms with Crippen LogP contribution in [-0.2, 0) is 11.3 Å². The van der Waals surface area contributed by atoms with Crippen molar-refractivity contribution in [2.24, 2.45) is 0 Å². The Bertz CT molecular complexity index is 340. The van der Waals surface area contributed by atoms with Crippen molar-refractivity contribution < 1.29 is 4.74 Å². The predicted octanol–water partition coefficient (Wildman–Crippen LogP) is 1.49. The molecule has 88 valence electrons. The minimum atomic E-state index is 0.400. The molecule has 1 aromatic rings. The molecule has 0 bridgehead atoms. The normalized spacial score (nSPS) is 22.5. The van der Waals surface area contributed by atoms with Gasteiger partial charge in [0.05, 0.1) is 24.4 Å². The molecule has 2 fully saturated rings. The van der Waals surface area contributed by atoms with Gasteiger partial charge in [0.1, 0.15) is 0 Å². The molecular formula is C12H19N3O. The molecule has 0 amide bonds. The fraction of sp³-hybridized carbons (Fsp3) is 0.750. The summed E-state index contributed by atoms with van der Waals surface area (Å²) in [6.45, 7) is 2.64. The summed E-state index contributed by atoms with van der Waals surface area (Å²) in [4.78, 5) is 0. The number of aromatic nitrogens is 2.